The van der Waals surface area contributed by atoms with Crippen LogP contribution in [0.5, 0.6) is 11.5 Å². The van der Waals surface area contributed by atoms with Crippen molar-refractivity contribution in [2.45, 2.75) is 13.3 Å². The van der Waals surface area contributed by atoms with Crippen molar-refractivity contribution in [1.29, 1.82) is 0 Å². The quantitative estimate of drug-likeness (QED) is 0.613. The van der Waals surface area contributed by atoms with Crippen molar-refractivity contribution in [2.24, 2.45) is 0 Å². The number of carbonyl (C=O) groups is 1. The van der Waals surface area contributed by atoms with Gasteiger partial charge < -0.3 is 20.1 Å². The third kappa shape index (κ3) is 3.94. The summed E-state index contributed by atoms with van der Waals surface area (Å²) in [5, 5.41) is 8.37. The largest absolute Gasteiger partial charge is 0.454 e. The Morgan fingerprint density at radius 1 is 0.857 bits per heavy atom. The summed E-state index contributed by atoms with van der Waals surface area (Å²) in [4.78, 5) is 12.4. The Hall–Kier alpha value is -3.05. The molecule has 0 saturated carbocycles. The lowest BCUT2D eigenvalue weighted by Crippen LogP contribution is -2.32. The van der Waals surface area contributed by atoms with Gasteiger partial charge in [-0.3, -0.25) is 4.79 Å². The number of benzene rings is 3. The lowest BCUT2D eigenvalue weighted by molar-refractivity contribution is 0.0954. The van der Waals surface area contributed by atoms with E-state index in [1.807, 2.05) is 36.4 Å². The molecule has 28 heavy (non-hydrogen) atoms. The maximum absolute atomic E-state index is 12.4. The molecule has 1 heterocycles. The van der Waals surface area contributed by atoms with Gasteiger partial charge in [-0.15, -0.1) is 0 Å². The average molecular weight is 376 g/mol. The second-order valence-corrected chi connectivity index (χ2v) is 6.85. The summed E-state index contributed by atoms with van der Waals surface area (Å²) in [6.45, 7) is 4.78. The number of nitrogens with one attached hydrogen (secondary N) is 2. The molecule has 0 unspecified atom stereocenters. The van der Waals surface area contributed by atoms with Crippen molar-refractivity contribution >= 4 is 16.7 Å². The Balaban J connectivity index is 1.49. The van der Waals surface area contributed by atoms with Crippen LogP contribution >= 0.6 is 0 Å². The van der Waals surface area contributed by atoms with Gasteiger partial charge in [0.2, 0.25) is 6.79 Å². The van der Waals surface area contributed by atoms with Gasteiger partial charge in [-0.2, -0.15) is 0 Å². The van der Waals surface area contributed by atoms with Crippen LogP contribution in [0.2, 0.25) is 0 Å². The molecule has 4 rings (SSSR count). The summed E-state index contributed by atoms with van der Waals surface area (Å²) in [5.74, 6) is 1.52. The fourth-order valence-corrected chi connectivity index (χ4v) is 3.31. The summed E-state index contributed by atoms with van der Waals surface area (Å²) in [5.41, 5.74) is 2.86. The molecule has 5 heteroatoms. The minimum Gasteiger partial charge on any atom is -0.454 e. The molecular weight excluding hydrogens is 352 g/mol. The van der Waals surface area contributed by atoms with Crippen LogP contribution < -0.4 is 20.1 Å². The van der Waals surface area contributed by atoms with Crippen LogP contribution in [-0.2, 0) is 0 Å². The van der Waals surface area contributed by atoms with E-state index in [1.54, 1.807) is 0 Å². The van der Waals surface area contributed by atoms with Gasteiger partial charge in [0, 0.05) is 18.7 Å². The summed E-state index contributed by atoms with van der Waals surface area (Å²) < 4.78 is 10.9. The molecule has 3 aromatic carbocycles. The highest BCUT2D eigenvalue weighted by Gasteiger charge is 2.14. The standard InChI is InChI=1S/C23H24N2O3/c1-2-9-24-10-11-25-23(26)20-6-5-16-12-17(3-4-18(16)13-20)19-7-8-21-22(14-19)28-15-27-21/h3-8,12-14,24H,2,9-11,15H2,1H3,(H,25,26). The van der Waals surface area contributed by atoms with E-state index >= 15 is 0 Å². The van der Waals surface area contributed by atoms with Crippen LogP contribution in [0.25, 0.3) is 21.9 Å². The Bertz CT molecular complexity index is 1000. The molecular formula is C23H24N2O3. The highest BCUT2D eigenvalue weighted by atomic mass is 16.7. The van der Waals surface area contributed by atoms with Gasteiger partial charge in [0.25, 0.3) is 5.91 Å². The number of carbonyl (C=O) groups excluding carboxylic acids is 1. The van der Waals surface area contributed by atoms with Gasteiger partial charge in [0.05, 0.1) is 0 Å². The first-order valence-corrected chi connectivity index (χ1v) is 9.67. The number of hydrogen-bond donors (Lipinski definition) is 2. The molecule has 144 valence electrons. The molecule has 1 aliphatic heterocycles. The molecule has 3 aromatic rings. The summed E-state index contributed by atoms with van der Waals surface area (Å²) in [6, 6.07) is 18.0. The van der Waals surface area contributed by atoms with Crippen LogP contribution in [0.15, 0.2) is 54.6 Å². The van der Waals surface area contributed by atoms with E-state index in [4.69, 9.17) is 9.47 Å². The smallest absolute Gasteiger partial charge is 0.251 e. The molecule has 5 nitrogen and oxygen atoms in total. The topological polar surface area (TPSA) is 59.6 Å². The lowest BCUT2D eigenvalue weighted by Gasteiger charge is -2.09. The first-order chi connectivity index (χ1) is 13.7. The predicted octanol–water partition coefficient (Wildman–Crippen LogP) is 3.96. The van der Waals surface area contributed by atoms with Gasteiger partial charge in [0.15, 0.2) is 11.5 Å². The van der Waals surface area contributed by atoms with E-state index in [2.05, 4.69) is 35.8 Å². The zero-order chi connectivity index (χ0) is 19.3. The number of amides is 1. The minimum absolute atomic E-state index is 0.0416. The first-order valence-electron chi connectivity index (χ1n) is 9.67. The normalized spacial score (nSPS) is 12.3. The van der Waals surface area contributed by atoms with E-state index in [1.165, 1.54) is 0 Å². The highest BCUT2D eigenvalue weighted by molar-refractivity contribution is 5.99. The minimum atomic E-state index is -0.0416. The van der Waals surface area contributed by atoms with Crippen molar-refractivity contribution in [3.05, 3.63) is 60.2 Å². The molecule has 0 saturated heterocycles. The van der Waals surface area contributed by atoms with Crippen molar-refractivity contribution in [3.8, 4) is 22.6 Å². The Labute approximate surface area is 164 Å². The molecule has 2 N–H and O–H groups in total. The van der Waals surface area contributed by atoms with E-state index in [0.29, 0.717) is 12.1 Å². The van der Waals surface area contributed by atoms with Crippen LogP contribution in [0, 0.1) is 0 Å². The molecule has 0 atom stereocenters. The fourth-order valence-electron chi connectivity index (χ4n) is 3.31. The van der Waals surface area contributed by atoms with Crippen molar-refractivity contribution in [1.82, 2.24) is 10.6 Å². The van der Waals surface area contributed by atoms with Gasteiger partial charge in [-0.1, -0.05) is 31.2 Å². The van der Waals surface area contributed by atoms with Crippen molar-refractivity contribution in [2.75, 3.05) is 26.4 Å². The predicted molar refractivity (Wildman–Crippen MR) is 111 cm³/mol. The maximum atomic E-state index is 12.4. The summed E-state index contributed by atoms with van der Waals surface area (Å²) in [7, 11) is 0. The monoisotopic (exact) mass is 376 g/mol. The van der Waals surface area contributed by atoms with Crippen LogP contribution in [0.4, 0.5) is 0 Å². The Morgan fingerprint density at radius 2 is 1.61 bits per heavy atom. The molecule has 0 aromatic heterocycles. The number of ether oxygens (including phenoxy) is 2. The second kappa shape index (κ2) is 8.31. The average Bonchev–Trinajstić information content (AvgIpc) is 3.20. The van der Waals surface area contributed by atoms with Crippen LogP contribution in [0.1, 0.15) is 23.7 Å². The molecule has 1 aliphatic rings. The third-order valence-corrected chi connectivity index (χ3v) is 4.82. The number of hydrogen-bond acceptors (Lipinski definition) is 4. The van der Waals surface area contributed by atoms with Crippen LogP contribution in [-0.4, -0.2) is 32.3 Å². The van der Waals surface area contributed by atoms with Gasteiger partial charge in [-0.05, 0) is 65.2 Å². The van der Waals surface area contributed by atoms with Gasteiger partial charge in [0.1, 0.15) is 0 Å². The molecule has 0 spiro atoms. The molecule has 0 radical (unpaired) electrons. The maximum Gasteiger partial charge on any atom is 0.251 e. The van der Waals surface area contributed by atoms with E-state index < -0.39 is 0 Å². The Morgan fingerprint density at radius 3 is 2.50 bits per heavy atom. The molecule has 0 fully saturated rings. The fraction of sp³-hybridized carbons (Fsp3) is 0.261. The number of fused-ring (bicyclic) bond motifs is 2. The highest BCUT2D eigenvalue weighted by Crippen LogP contribution is 2.36. The molecule has 0 aliphatic carbocycles. The van der Waals surface area contributed by atoms with Crippen molar-refractivity contribution in [3.63, 3.8) is 0 Å². The van der Waals surface area contributed by atoms with E-state index in [-0.39, 0.29) is 12.7 Å². The van der Waals surface area contributed by atoms with Gasteiger partial charge in [-0.25, -0.2) is 0 Å². The first kappa shape index (κ1) is 18.3. The third-order valence-electron chi connectivity index (χ3n) is 4.82. The summed E-state index contributed by atoms with van der Waals surface area (Å²) in [6.07, 6.45) is 1.09. The van der Waals surface area contributed by atoms with Crippen LogP contribution in [0.3, 0.4) is 0 Å². The van der Waals surface area contributed by atoms with E-state index in [9.17, 15) is 4.79 Å². The Kier molecular flexibility index (Phi) is 5.44. The SMILES string of the molecule is CCCNCCNC(=O)c1ccc2cc(-c3ccc4c(c3)OCO4)ccc2c1. The van der Waals surface area contributed by atoms with Gasteiger partial charge >= 0.3 is 0 Å². The lowest BCUT2D eigenvalue weighted by atomic mass is 9.99. The molecule has 0 bridgehead atoms. The second-order valence-electron chi connectivity index (χ2n) is 6.85. The number of rotatable bonds is 7. The molecule has 1 amide bonds. The zero-order valence-electron chi connectivity index (χ0n) is 16.0. The van der Waals surface area contributed by atoms with E-state index in [0.717, 1.165) is 52.9 Å². The zero-order valence-corrected chi connectivity index (χ0v) is 16.0. The summed E-state index contributed by atoms with van der Waals surface area (Å²) >= 11 is 0. The van der Waals surface area contributed by atoms with Crippen molar-refractivity contribution < 1.29 is 14.3 Å².